The Hall–Kier alpha value is -1.25. The molecule has 0 radical (unpaired) electrons. The Balaban J connectivity index is 1.86. The van der Waals surface area contributed by atoms with E-state index in [2.05, 4.69) is 10.3 Å². The van der Waals surface area contributed by atoms with Crippen LogP contribution in [-0.2, 0) is 11.8 Å². The molecule has 2 heterocycles. The van der Waals surface area contributed by atoms with Gasteiger partial charge in [-0.1, -0.05) is 46.6 Å². The summed E-state index contributed by atoms with van der Waals surface area (Å²) in [5.41, 5.74) is 1.20. The van der Waals surface area contributed by atoms with E-state index in [0.717, 1.165) is 10.4 Å². The van der Waals surface area contributed by atoms with Gasteiger partial charge in [0.15, 0.2) is 5.16 Å². The van der Waals surface area contributed by atoms with Crippen molar-refractivity contribution in [3.8, 4) is 0 Å². The Kier molecular flexibility index (Phi) is 6.32. The molecule has 0 aliphatic rings. The number of benzene rings is 1. The molecule has 1 N–H and O–H groups in total. The van der Waals surface area contributed by atoms with E-state index in [-0.39, 0.29) is 16.5 Å². The molecule has 28 heavy (non-hydrogen) atoms. The van der Waals surface area contributed by atoms with Gasteiger partial charge in [0.25, 0.3) is 5.56 Å². The molecule has 0 aliphatic carbocycles. The van der Waals surface area contributed by atoms with Crippen LogP contribution in [0.25, 0.3) is 10.2 Å². The number of fused-ring (bicyclic) bond motifs is 1. The molecule has 0 fully saturated rings. The van der Waals surface area contributed by atoms with Gasteiger partial charge in [0.05, 0.1) is 31.4 Å². The molecule has 0 saturated heterocycles. The van der Waals surface area contributed by atoms with Crippen LogP contribution in [0.1, 0.15) is 17.4 Å². The van der Waals surface area contributed by atoms with Crippen molar-refractivity contribution in [2.45, 2.75) is 31.2 Å². The number of thioether (sulfide) groups is 1. The minimum absolute atomic E-state index is 0.116. The zero-order valence-corrected chi connectivity index (χ0v) is 19.3. The fourth-order valence-electron chi connectivity index (χ4n) is 2.53. The summed E-state index contributed by atoms with van der Waals surface area (Å²) in [5.74, 6) is -0.293. The van der Waals surface area contributed by atoms with Crippen molar-refractivity contribution in [1.82, 2.24) is 9.55 Å². The summed E-state index contributed by atoms with van der Waals surface area (Å²) in [6.07, 6.45) is 0. The fraction of sp³-hybridized carbons (Fsp3) is 0.278. The van der Waals surface area contributed by atoms with Crippen LogP contribution in [0.2, 0.25) is 15.1 Å². The third-order valence-electron chi connectivity index (χ3n) is 4.29. The highest BCUT2D eigenvalue weighted by atomic mass is 35.5. The van der Waals surface area contributed by atoms with Crippen molar-refractivity contribution < 1.29 is 4.79 Å². The van der Waals surface area contributed by atoms with Crippen LogP contribution < -0.4 is 10.9 Å². The highest BCUT2D eigenvalue weighted by Crippen LogP contribution is 2.33. The largest absolute Gasteiger partial charge is 0.324 e. The minimum Gasteiger partial charge on any atom is -0.324 e. The summed E-state index contributed by atoms with van der Waals surface area (Å²) in [6.45, 7) is 5.61. The summed E-state index contributed by atoms with van der Waals surface area (Å²) in [6, 6.07) is 2.97. The lowest BCUT2D eigenvalue weighted by molar-refractivity contribution is -0.115. The van der Waals surface area contributed by atoms with Gasteiger partial charge in [-0.05, 0) is 38.5 Å². The van der Waals surface area contributed by atoms with Gasteiger partial charge in [-0.15, -0.1) is 11.3 Å². The average Bonchev–Trinajstić information content (AvgIpc) is 2.91. The van der Waals surface area contributed by atoms with Crippen molar-refractivity contribution in [1.29, 1.82) is 0 Å². The first-order chi connectivity index (χ1) is 13.1. The molecule has 2 aromatic heterocycles. The highest BCUT2D eigenvalue weighted by Gasteiger charge is 2.21. The van der Waals surface area contributed by atoms with Gasteiger partial charge in [-0.3, -0.25) is 14.2 Å². The molecule has 1 atom stereocenters. The number of carbonyl (C=O) groups excluding carboxylic acids is 1. The number of halogens is 3. The maximum absolute atomic E-state index is 12.7. The second kappa shape index (κ2) is 8.24. The zero-order valence-electron chi connectivity index (χ0n) is 15.4. The lowest BCUT2D eigenvalue weighted by Crippen LogP contribution is -2.25. The monoisotopic (exact) mass is 475 g/mol. The maximum Gasteiger partial charge on any atom is 0.262 e. The molecular weight excluding hydrogens is 461 g/mol. The Bertz CT molecular complexity index is 1160. The number of nitrogens with one attached hydrogen (secondary N) is 1. The molecule has 3 rings (SSSR count). The first-order valence-electron chi connectivity index (χ1n) is 8.19. The highest BCUT2D eigenvalue weighted by molar-refractivity contribution is 8.00. The normalized spacial score (nSPS) is 12.4. The number of aryl methyl sites for hydroxylation is 2. The van der Waals surface area contributed by atoms with Crippen LogP contribution in [0.4, 0.5) is 5.69 Å². The third-order valence-corrected chi connectivity index (χ3v) is 7.57. The summed E-state index contributed by atoms with van der Waals surface area (Å²) >= 11 is 20.7. The van der Waals surface area contributed by atoms with Crippen molar-refractivity contribution >= 4 is 79.7 Å². The molecule has 148 valence electrons. The van der Waals surface area contributed by atoms with Crippen molar-refractivity contribution in [2.24, 2.45) is 7.05 Å². The number of hydrogen-bond acceptors (Lipinski definition) is 5. The Morgan fingerprint density at radius 1 is 1.21 bits per heavy atom. The smallest absolute Gasteiger partial charge is 0.262 e. The third kappa shape index (κ3) is 4.04. The van der Waals surface area contributed by atoms with E-state index in [1.54, 1.807) is 14.0 Å². The molecule has 10 heteroatoms. The van der Waals surface area contributed by atoms with Gasteiger partial charge >= 0.3 is 0 Å². The first kappa shape index (κ1) is 21.5. The number of aromatic nitrogens is 2. The molecule has 0 saturated carbocycles. The summed E-state index contributed by atoms with van der Waals surface area (Å²) in [7, 11) is 1.66. The molecule has 0 aliphatic heterocycles. The van der Waals surface area contributed by atoms with Crippen molar-refractivity contribution in [3.05, 3.63) is 48.0 Å². The van der Waals surface area contributed by atoms with Crippen LogP contribution in [-0.4, -0.2) is 20.7 Å². The predicted molar refractivity (Wildman–Crippen MR) is 120 cm³/mol. The van der Waals surface area contributed by atoms with Crippen LogP contribution in [0, 0.1) is 13.8 Å². The molecule has 1 amide bonds. The predicted octanol–water partition coefficient (Wildman–Crippen LogP) is 5.69. The fourth-order valence-corrected chi connectivity index (χ4v) is 5.06. The van der Waals surface area contributed by atoms with Gasteiger partial charge in [0.1, 0.15) is 4.83 Å². The number of anilines is 1. The van der Waals surface area contributed by atoms with E-state index >= 15 is 0 Å². The van der Waals surface area contributed by atoms with Crippen LogP contribution >= 0.6 is 57.9 Å². The molecule has 0 spiro atoms. The molecular formula is C18H16Cl3N3O2S2. The summed E-state index contributed by atoms with van der Waals surface area (Å²) in [4.78, 5) is 31.6. The minimum atomic E-state index is -0.525. The molecule has 5 nitrogen and oxygen atoms in total. The van der Waals surface area contributed by atoms with Crippen molar-refractivity contribution in [3.63, 3.8) is 0 Å². The van der Waals surface area contributed by atoms with Crippen LogP contribution in [0.3, 0.4) is 0 Å². The quantitative estimate of drug-likeness (QED) is 0.298. The molecule has 1 aromatic carbocycles. The molecule has 0 bridgehead atoms. The molecule has 1 unspecified atom stereocenters. The topological polar surface area (TPSA) is 64.0 Å². The average molecular weight is 477 g/mol. The lowest BCUT2D eigenvalue weighted by Gasteiger charge is -2.14. The SMILES string of the molecule is Cc1sc2nc(SC(C)C(=O)Nc3cc(Cl)c(Cl)cc3Cl)n(C)c(=O)c2c1C. The van der Waals surface area contributed by atoms with E-state index in [9.17, 15) is 9.59 Å². The van der Waals surface area contributed by atoms with E-state index < -0.39 is 5.25 Å². The Labute approximate surface area is 185 Å². The number of thiophene rings is 1. The second-order valence-electron chi connectivity index (χ2n) is 6.22. The zero-order chi connectivity index (χ0) is 20.7. The second-order valence-corrected chi connectivity index (χ2v) is 9.95. The van der Waals surface area contributed by atoms with Gasteiger partial charge < -0.3 is 5.32 Å². The number of carbonyl (C=O) groups is 1. The first-order valence-corrected chi connectivity index (χ1v) is 11.0. The van der Waals surface area contributed by atoms with Gasteiger partial charge in [0, 0.05) is 11.9 Å². The standard InChI is InChI=1S/C18H16Cl3N3O2S2/c1-7-8(2)27-16-14(7)17(26)24(4)18(23-16)28-9(3)15(25)22-13-6-11(20)10(19)5-12(13)21/h5-6,9H,1-4H3,(H,22,25). The lowest BCUT2D eigenvalue weighted by atomic mass is 10.2. The van der Waals surface area contributed by atoms with E-state index in [1.807, 2.05) is 13.8 Å². The van der Waals surface area contributed by atoms with Gasteiger partial charge in [-0.25, -0.2) is 4.98 Å². The van der Waals surface area contributed by atoms with E-state index in [0.29, 0.717) is 31.1 Å². The number of hydrogen-bond donors (Lipinski definition) is 1. The Morgan fingerprint density at radius 3 is 2.54 bits per heavy atom. The Morgan fingerprint density at radius 2 is 1.86 bits per heavy atom. The number of amides is 1. The van der Waals surface area contributed by atoms with E-state index in [4.69, 9.17) is 34.8 Å². The van der Waals surface area contributed by atoms with Gasteiger partial charge in [0.2, 0.25) is 5.91 Å². The molecule has 3 aromatic rings. The van der Waals surface area contributed by atoms with Gasteiger partial charge in [-0.2, -0.15) is 0 Å². The van der Waals surface area contributed by atoms with Crippen molar-refractivity contribution in [2.75, 3.05) is 5.32 Å². The number of nitrogens with zero attached hydrogens (tertiary/aromatic N) is 2. The number of rotatable bonds is 4. The maximum atomic E-state index is 12.7. The summed E-state index contributed by atoms with van der Waals surface area (Å²) < 4.78 is 1.47. The van der Waals surface area contributed by atoms with Crippen LogP contribution in [0.15, 0.2) is 22.1 Å². The van der Waals surface area contributed by atoms with Crippen LogP contribution in [0.5, 0.6) is 0 Å². The van der Waals surface area contributed by atoms with E-state index in [1.165, 1.54) is 39.8 Å². The summed E-state index contributed by atoms with van der Waals surface area (Å²) in [5, 5.41) is 4.20.